The number of benzene rings is 1. The van der Waals surface area contributed by atoms with Crippen LogP contribution in [0.3, 0.4) is 0 Å². The highest BCUT2D eigenvalue weighted by molar-refractivity contribution is 5.51. The van der Waals surface area contributed by atoms with Crippen LogP contribution in [0.5, 0.6) is 0 Å². The minimum atomic E-state index is -0.647. The number of aliphatic hydroxyl groups excluding tert-OH is 1. The normalized spacial score (nSPS) is 12.5. The first-order valence-corrected chi connectivity index (χ1v) is 6.18. The van der Waals surface area contributed by atoms with Gasteiger partial charge in [0.05, 0.1) is 12.3 Å². The molecule has 7 nitrogen and oxygen atoms in total. The Morgan fingerprint density at radius 3 is 2.70 bits per heavy atom. The summed E-state index contributed by atoms with van der Waals surface area (Å²) in [5.74, 6) is 0.905. The lowest BCUT2D eigenvalue weighted by Gasteiger charge is -1.96. The van der Waals surface area contributed by atoms with Crippen LogP contribution in [0.15, 0.2) is 40.9 Å². The third-order valence-corrected chi connectivity index (χ3v) is 2.77. The van der Waals surface area contributed by atoms with E-state index in [1.54, 1.807) is 17.8 Å². The Morgan fingerprint density at radius 2 is 2.00 bits per heavy atom. The lowest BCUT2D eigenvalue weighted by Crippen LogP contribution is -2.00. The van der Waals surface area contributed by atoms with Crippen LogP contribution in [0.4, 0.5) is 0 Å². The van der Waals surface area contributed by atoms with Crippen molar-refractivity contribution >= 4 is 0 Å². The van der Waals surface area contributed by atoms with Gasteiger partial charge in [-0.15, -0.1) is 15.3 Å². The van der Waals surface area contributed by atoms with Crippen molar-refractivity contribution in [2.45, 2.75) is 19.6 Å². The molecule has 7 heteroatoms. The Bertz CT molecular complexity index is 690. The number of hydrogen-bond acceptors (Lipinski definition) is 6. The van der Waals surface area contributed by atoms with Gasteiger partial charge in [0, 0.05) is 5.56 Å². The number of rotatable bonds is 4. The number of aromatic nitrogens is 5. The summed E-state index contributed by atoms with van der Waals surface area (Å²) < 4.78 is 7.12. The Hall–Kier alpha value is -2.54. The molecule has 0 saturated heterocycles. The molecule has 20 heavy (non-hydrogen) atoms. The molecule has 3 rings (SSSR count). The maximum atomic E-state index is 9.39. The molecule has 1 N–H and O–H groups in total. The van der Waals surface area contributed by atoms with E-state index in [2.05, 4.69) is 20.5 Å². The molecule has 0 amide bonds. The molecule has 102 valence electrons. The van der Waals surface area contributed by atoms with E-state index in [9.17, 15) is 5.11 Å². The topological polar surface area (TPSA) is 89.9 Å². The van der Waals surface area contributed by atoms with Crippen LogP contribution in [0.2, 0.25) is 0 Å². The fourth-order valence-corrected chi connectivity index (χ4v) is 1.74. The molecule has 0 saturated carbocycles. The van der Waals surface area contributed by atoms with E-state index in [-0.39, 0.29) is 0 Å². The molecule has 3 aromatic rings. The molecular weight excluding hydrogens is 258 g/mol. The molecule has 0 aliphatic heterocycles. The van der Waals surface area contributed by atoms with Gasteiger partial charge in [0.2, 0.25) is 11.8 Å². The zero-order chi connectivity index (χ0) is 13.9. The molecule has 0 fully saturated rings. The van der Waals surface area contributed by atoms with E-state index in [0.29, 0.717) is 24.0 Å². The highest BCUT2D eigenvalue weighted by atomic mass is 16.4. The van der Waals surface area contributed by atoms with Crippen LogP contribution in [0.25, 0.3) is 11.5 Å². The first-order valence-electron chi connectivity index (χ1n) is 6.18. The Balaban J connectivity index is 1.77. The predicted molar refractivity (Wildman–Crippen MR) is 69.5 cm³/mol. The maximum Gasteiger partial charge on any atom is 0.247 e. The minimum absolute atomic E-state index is 0.319. The summed E-state index contributed by atoms with van der Waals surface area (Å²) in [6.45, 7) is 1.95. The van der Waals surface area contributed by atoms with Gasteiger partial charge < -0.3 is 9.52 Å². The van der Waals surface area contributed by atoms with Crippen molar-refractivity contribution in [3.05, 3.63) is 48.1 Å². The molecule has 2 aromatic heterocycles. The van der Waals surface area contributed by atoms with E-state index in [4.69, 9.17) is 4.42 Å². The van der Waals surface area contributed by atoms with E-state index in [1.165, 1.54) is 0 Å². The van der Waals surface area contributed by atoms with Crippen LogP contribution >= 0.6 is 0 Å². The quantitative estimate of drug-likeness (QED) is 0.772. The lowest BCUT2D eigenvalue weighted by atomic mass is 10.2. The minimum Gasteiger partial charge on any atom is -0.419 e. The zero-order valence-electron chi connectivity index (χ0n) is 10.8. The van der Waals surface area contributed by atoms with Gasteiger partial charge in [0.1, 0.15) is 12.2 Å². The number of hydrogen-bond donors (Lipinski definition) is 1. The largest absolute Gasteiger partial charge is 0.419 e. The Kier molecular flexibility index (Phi) is 3.26. The van der Waals surface area contributed by atoms with E-state index in [0.717, 1.165) is 5.56 Å². The average Bonchev–Trinajstić information content (AvgIpc) is 3.10. The van der Waals surface area contributed by atoms with E-state index < -0.39 is 6.10 Å². The molecule has 0 radical (unpaired) electrons. The van der Waals surface area contributed by atoms with Gasteiger partial charge in [0.25, 0.3) is 0 Å². The van der Waals surface area contributed by atoms with Gasteiger partial charge in [0.15, 0.2) is 0 Å². The van der Waals surface area contributed by atoms with Crippen LogP contribution in [0.1, 0.15) is 24.6 Å². The SMILES string of the molecule is CC(O)c1cn(Cc2nnc(-c3ccccc3)o2)nn1. The van der Waals surface area contributed by atoms with Gasteiger partial charge in [-0.3, -0.25) is 0 Å². The van der Waals surface area contributed by atoms with Crippen molar-refractivity contribution in [3.63, 3.8) is 0 Å². The Labute approximate surface area is 114 Å². The van der Waals surface area contributed by atoms with Crippen LogP contribution in [-0.2, 0) is 6.54 Å². The fourth-order valence-electron chi connectivity index (χ4n) is 1.74. The van der Waals surface area contributed by atoms with Crippen molar-refractivity contribution < 1.29 is 9.52 Å². The second kappa shape index (κ2) is 5.22. The molecule has 0 aliphatic carbocycles. The highest BCUT2D eigenvalue weighted by Gasteiger charge is 2.11. The summed E-state index contributed by atoms with van der Waals surface area (Å²) >= 11 is 0. The van der Waals surface area contributed by atoms with E-state index >= 15 is 0 Å². The molecule has 2 heterocycles. The monoisotopic (exact) mass is 271 g/mol. The summed E-state index contributed by atoms with van der Waals surface area (Å²) in [6.07, 6.45) is 1.00. The summed E-state index contributed by atoms with van der Waals surface area (Å²) in [4.78, 5) is 0. The summed E-state index contributed by atoms with van der Waals surface area (Å²) in [7, 11) is 0. The third-order valence-electron chi connectivity index (χ3n) is 2.77. The van der Waals surface area contributed by atoms with Crippen molar-refractivity contribution in [2.75, 3.05) is 0 Å². The smallest absolute Gasteiger partial charge is 0.247 e. The van der Waals surface area contributed by atoms with E-state index in [1.807, 2.05) is 30.3 Å². The van der Waals surface area contributed by atoms with Crippen LogP contribution in [0, 0.1) is 0 Å². The van der Waals surface area contributed by atoms with Crippen LogP contribution < -0.4 is 0 Å². The lowest BCUT2D eigenvalue weighted by molar-refractivity contribution is 0.194. The first-order chi connectivity index (χ1) is 9.72. The second-order valence-electron chi connectivity index (χ2n) is 4.38. The molecule has 1 unspecified atom stereocenters. The molecule has 0 spiro atoms. The maximum absolute atomic E-state index is 9.39. The van der Waals surface area contributed by atoms with Crippen molar-refractivity contribution in [2.24, 2.45) is 0 Å². The number of aliphatic hydroxyl groups is 1. The van der Waals surface area contributed by atoms with Gasteiger partial charge in [-0.25, -0.2) is 4.68 Å². The standard InChI is InChI=1S/C13H13N5O2/c1-9(19)11-7-18(17-14-11)8-12-15-16-13(20-12)10-5-3-2-4-6-10/h2-7,9,19H,8H2,1H3. The van der Waals surface area contributed by atoms with Crippen LogP contribution in [-0.4, -0.2) is 30.3 Å². The van der Waals surface area contributed by atoms with Gasteiger partial charge in [-0.1, -0.05) is 23.4 Å². The predicted octanol–water partition coefficient (Wildman–Crippen LogP) is 1.43. The molecule has 0 aliphatic rings. The fraction of sp³-hybridized carbons (Fsp3) is 0.231. The second-order valence-corrected chi connectivity index (χ2v) is 4.38. The highest BCUT2D eigenvalue weighted by Crippen LogP contribution is 2.17. The zero-order valence-corrected chi connectivity index (χ0v) is 10.8. The molecular formula is C13H13N5O2. The van der Waals surface area contributed by atoms with Crippen molar-refractivity contribution in [1.29, 1.82) is 0 Å². The van der Waals surface area contributed by atoms with Crippen molar-refractivity contribution in [1.82, 2.24) is 25.2 Å². The van der Waals surface area contributed by atoms with Gasteiger partial charge in [-0.2, -0.15) is 0 Å². The average molecular weight is 271 g/mol. The Morgan fingerprint density at radius 1 is 1.20 bits per heavy atom. The van der Waals surface area contributed by atoms with Crippen molar-refractivity contribution in [3.8, 4) is 11.5 Å². The summed E-state index contributed by atoms with van der Waals surface area (Å²) in [5, 5.41) is 25.1. The van der Waals surface area contributed by atoms with Gasteiger partial charge >= 0.3 is 0 Å². The third kappa shape index (κ3) is 2.57. The van der Waals surface area contributed by atoms with Gasteiger partial charge in [-0.05, 0) is 19.1 Å². The number of nitrogens with zero attached hydrogens (tertiary/aromatic N) is 5. The molecule has 1 aromatic carbocycles. The molecule has 0 bridgehead atoms. The molecule has 1 atom stereocenters. The summed E-state index contributed by atoms with van der Waals surface area (Å²) in [5.41, 5.74) is 1.38. The summed E-state index contributed by atoms with van der Waals surface area (Å²) in [6, 6.07) is 9.54. The first kappa shape index (κ1) is 12.5.